The number of nitrogens with zero attached hydrogens (tertiary/aromatic N) is 1. The van der Waals surface area contributed by atoms with Crippen LogP contribution in [0.25, 0.3) is 0 Å². The van der Waals surface area contributed by atoms with Gasteiger partial charge in [-0.1, -0.05) is 36.3 Å². The van der Waals surface area contributed by atoms with Crippen molar-refractivity contribution in [2.24, 2.45) is 0 Å². The summed E-state index contributed by atoms with van der Waals surface area (Å²) in [5, 5.41) is 0. The van der Waals surface area contributed by atoms with Crippen LogP contribution < -0.4 is 0 Å². The summed E-state index contributed by atoms with van der Waals surface area (Å²) in [6.45, 7) is 2.97. The van der Waals surface area contributed by atoms with Crippen molar-refractivity contribution in [2.45, 2.75) is 12.5 Å². The van der Waals surface area contributed by atoms with Crippen molar-refractivity contribution < 1.29 is 9.53 Å². The maximum absolute atomic E-state index is 11.7. The number of terminal acetylenes is 1. The van der Waals surface area contributed by atoms with Crippen LogP contribution in [-0.2, 0) is 15.1 Å². The molecule has 0 aromatic heterocycles. The van der Waals surface area contributed by atoms with E-state index >= 15 is 0 Å². The van der Waals surface area contributed by atoms with Crippen molar-refractivity contribution in [2.75, 3.05) is 19.8 Å². The normalized spacial score (nSPS) is 24.1. The van der Waals surface area contributed by atoms with Crippen LogP contribution >= 0.6 is 0 Å². The van der Waals surface area contributed by atoms with Gasteiger partial charge in [-0.25, -0.2) is 0 Å². The largest absolute Gasteiger partial charge is 0.376 e. The number of morpholine rings is 1. The molecule has 1 aliphatic rings. The Kier molecular flexibility index (Phi) is 3.16. The maximum Gasteiger partial charge on any atom is 0.221 e. The zero-order chi connectivity index (χ0) is 12.3. The van der Waals surface area contributed by atoms with Gasteiger partial charge in [0, 0.05) is 13.5 Å². The minimum atomic E-state index is -0.759. The fourth-order valence-electron chi connectivity index (χ4n) is 2.23. The lowest BCUT2D eigenvalue weighted by Gasteiger charge is -2.43. The van der Waals surface area contributed by atoms with Gasteiger partial charge in [-0.2, -0.15) is 0 Å². The molecule has 17 heavy (non-hydrogen) atoms. The summed E-state index contributed by atoms with van der Waals surface area (Å²) in [4.78, 5) is 13.4. The highest BCUT2D eigenvalue weighted by Gasteiger charge is 2.41. The van der Waals surface area contributed by atoms with E-state index in [0.29, 0.717) is 19.8 Å². The highest BCUT2D eigenvalue weighted by Crippen LogP contribution is 2.31. The quantitative estimate of drug-likeness (QED) is 0.681. The Morgan fingerprint density at radius 2 is 2.18 bits per heavy atom. The van der Waals surface area contributed by atoms with Crippen molar-refractivity contribution in [3.05, 3.63) is 35.9 Å². The van der Waals surface area contributed by atoms with Crippen LogP contribution in [0.5, 0.6) is 0 Å². The fraction of sp³-hybridized carbons (Fsp3) is 0.357. The third-order valence-electron chi connectivity index (χ3n) is 3.10. The molecule has 0 spiro atoms. The molecule has 1 saturated heterocycles. The van der Waals surface area contributed by atoms with Gasteiger partial charge in [-0.3, -0.25) is 4.79 Å². The van der Waals surface area contributed by atoms with E-state index in [1.54, 1.807) is 11.8 Å². The molecule has 1 heterocycles. The average Bonchev–Trinajstić information content (AvgIpc) is 2.39. The molecule has 0 bridgehead atoms. The molecule has 0 radical (unpaired) electrons. The van der Waals surface area contributed by atoms with Gasteiger partial charge in [-0.15, -0.1) is 6.42 Å². The number of hydrogen-bond acceptors (Lipinski definition) is 2. The second kappa shape index (κ2) is 4.60. The lowest BCUT2D eigenvalue weighted by Crippen LogP contribution is -2.55. The fourth-order valence-corrected chi connectivity index (χ4v) is 2.23. The highest BCUT2D eigenvalue weighted by molar-refractivity contribution is 5.75. The second-order valence-electron chi connectivity index (χ2n) is 4.09. The van der Waals surface area contributed by atoms with Gasteiger partial charge < -0.3 is 9.64 Å². The molecule has 2 rings (SSSR count). The number of ether oxygens (including phenoxy) is 1. The molecule has 1 aliphatic heterocycles. The molecule has 1 unspecified atom stereocenters. The van der Waals surface area contributed by atoms with Gasteiger partial charge in [0.25, 0.3) is 0 Å². The summed E-state index contributed by atoms with van der Waals surface area (Å²) in [6.07, 6.45) is 5.67. The van der Waals surface area contributed by atoms with Gasteiger partial charge >= 0.3 is 0 Å². The summed E-state index contributed by atoms with van der Waals surface area (Å²) in [7, 11) is 0. The second-order valence-corrected chi connectivity index (χ2v) is 4.09. The molecular weight excluding hydrogens is 214 g/mol. The Hall–Kier alpha value is -1.79. The topological polar surface area (TPSA) is 29.5 Å². The standard InChI is InChI=1S/C14H15NO2/c1-3-14(13-7-5-4-6-8-13)11-17-10-9-15(14)12(2)16/h1,4-8H,9-11H2,2H3. The molecule has 3 heteroatoms. The molecule has 1 aromatic carbocycles. The Bertz CT molecular complexity index is 449. The van der Waals surface area contributed by atoms with Gasteiger partial charge in [0.1, 0.15) is 0 Å². The van der Waals surface area contributed by atoms with E-state index in [1.165, 1.54) is 0 Å². The molecule has 0 saturated carbocycles. The van der Waals surface area contributed by atoms with Crippen LogP contribution in [-0.4, -0.2) is 30.6 Å². The third kappa shape index (κ3) is 1.92. The maximum atomic E-state index is 11.7. The number of carbonyl (C=O) groups is 1. The van der Waals surface area contributed by atoms with Crippen LogP contribution in [0.1, 0.15) is 12.5 Å². The van der Waals surface area contributed by atoms with E-state index in [4.69, 9.17) is 11.2 Å². The van der Waals surface area contributed by atoms with Gasteiger partial charge in [-0.05, 0) is 5.56 Å². The molecule has 0 aliphatic carbocycles. The molecule has 1 fully saturated rings. The third-order valence-corrected chi connectivity index (χ3v) is 3.10. The highest BCUT2D eigenvalue weighted by atomic mass is 16.5. The zero-order valence-corrected chi connectivity index (χ0v) is 9.85. The smallest absolute Gasteiger partial charge is 0.221 e. The first-order valence-corrected chi connectivity index (χ1v) is 5.60. The van der Waals surface area contributed by atoms with Crippen LogP contribution in [0.15, 0.2) is 30.3 Å². The molecule has 1 atom stereocenters. The van der Waals surface area contributed by atoms with E-state index in [-0.39, 0.29) is 5.91 Å². The molecule has 0 N–H and O–H groups in total. The first-order valence-electron chi connectivity index (χ1n) is 5.60. The summed E-state index contributed by atoms with van der Waals surface area (Å²) in [6, 6.07) is 9.63. The lowest BCUT2D eigenvalue weighted by atomic mass is 9.88. The van der Waals surface area contributed by atoms with Crippen LogP contribution in [0, 0.1) is 12.3 Å². The van der Waals surface area contributed by atoms with Gasteiger partial charge in [0.15, 0.2) is 5.54 Å². The van der Waals surface area contributed by atoms with Crippen molar-refractivity contribution >= 4 is 5.91 Å². The summed E-state index contributed by atoms with van der Waals surface area (Å²) >= 11 is 0. The van der Waals surface area contributed by atoms with Crippen molar-refractivity contribution in [3.8, 4) is 12.3 Å². The van der Waals surface area contributed by atoms with Crippen molar-refractivity contribution in [3.63, 3.8) is 0 Å². The van der Waals surface area contributed by atoms with Gasteiger partial charge in [0.05, 0.1) is 13.2 Å². The predicted molar refractivity (Wildman–Crippen MR) is 65.2 cm³/mol. The number of rotatable bonds is 1. The first kappa shape index (κ1) is 11.7. The first-order chi connectivity index (χ1) is 8.20. The predicted octanol–water partition coefficient (Wildman–Crippen LogP) is 1.39. The summed E-state index contributed by atoms with van der Waals surface area (Å²) < 4.78 is 5.47. The van der Waals surface area contributed by atoms with Crippen LogP contribution in [0.2, 0.25) is 0 Å². The SMILES string of the molecule is C#CC1(c2ccccc2)COCCN1C(C)=O. The number of hydrogen-bond donors (Lipinski definition) is 0. The molecule has 88 valence electrons. The monoisotopic (exact) mass is 229 g/mol. The molecule has 3 nitrogen and oxygen atoms in total. The zero-order valence-electron chi connectivity index (χ0n) is 9.85. The number of benzene rings is 1. The van der Waals surface area contributed by atoms with Crippen molar-refractivity contribution in [1.82, 2.24) is 4.90 Å². The Morgan fingerprint density at radius 1 is 1.47 bits per heavy atom. The van der Waals surface area contributed by atoms with E-state index in [1.807, 2.05) is 30.3 Å². The van der Waals surface area contributed by atoms with Crippen molar-refractivity contribution in [1.29, 1.82) is 0 Å². The van der Waals surface area contributed by atoms with E-state index in [9.17, 15) is 4.79 Å². The molecular formula is C14H15NO2. The minimum Gasteiger partial charge on any atom is -0.376 e. The van der Waals surface area contributed by atoms with E-state index in [2.05, 4.69) is 5.92 Å². The van der Waals surface area contributed by atoms with E-state index in [0.717, 1.165) is 5.56 Å². The Morgan fingerprint density at radius 3 is 2.76 bits per heavy atom. The van der Waals surface area contributed by atoms with Crippen LogP contribution in [0.4, 0.5) is 0 Å². The number of amides is 1. The Labute approximate surface area is 101 Å². The number of carbonyl (C=O) groups excluding carboxylic acids is 1. The minimum absolute atomic E-state index is 0.0184. The Balaban J connectivity index is 2.48. The van der Waals surface area contributed by atoms with Gasteiger partial charge in [0.2, 0.25) is 5.91 Å². The van der Waals surface area contributed by atoms with Crippen LogP contribution in [0.3, 0.4) is 0 Å². The summed E-state index contributed by atoms with van der Waals surface area (Å²) in [5.74, 6) is 2.73. The molecule has 1 amide bonds. The summed E-state index contributed by atoms with van der Waals surface area (Å²) in [5.41, 5.74) is 0.170. The average molecular weight is 229 g/mol. The molecule has 1 aromatic rings. The van der Waals surface area contributed by atoms with E-state index < -0.39 is 5.54 Å². The lowest BCUT2D eigenvalue weighted by molar-refractivity contribution is -0.142.